The first-order valence-electron chi connectivity index (χ1n) is 9.47. The lowest BCUT2D eigenvalue weighted by Crippen LogP contribution is -2.34. The van der Waals surface area contributed by atoms with E-state index in [1.165, 1.54) is 33.7 Å². The van der Waals surface area contributed by atoms with Crippen LogP contribution in [0.2, 0.25) is 0 Å². The van der Waals surface area contributed by atoms with Crippen LogP contribution in [0.15, 0.2) is 36.4 Å². The van der Waals surface area contributed by atoms with Crippen LogP contribution in [-0.4, -0.2) is 37.2 Å². The molecule has 4 nitrogen and oxygen atoms in total. The molecule has 27 heavy (non-hydrogen) atoms. The number of thiazole rings is 1. The highest BCUT2D eigenvalue weighted by Crippen LogP contribution is 2.35. The fourth-order valence-electron chi connectivity index (χ4n) is 3.90. The molecule has 142 valence electrons. The largest absolute Gasteiger partial charge is 0.493 e. The standard InChI is InChI=1S/C22H26N2O2S/c1-15-11-19(25-2)20(26-3)12-17(15)14-24-10-6-7-16(13-24)22-23-18-8-4-5-9-21(18)27-22/h4-5,8-9,11-12,16H,6-7,10,13-14H2,1-3H3/t16-/m1/s1. The SMILES string of the molecule is COc1cc(C)c(CN2CCC[C@@H](c3nc4ccccc4s3)C2)cc1OC. The van der Waals surface area contributed by atoms with Gasteiger partial charge in [0, 0.05) is 19.0 Å². The van der Waals surface area contributed by atoms with Gasteiger partial charge in [-0.25, -0.2) is 4.98 Å². The Morgan fingerprint density at radius 2 is 1.93 bits per heavy atom. The van der Waals surface area contributed by atoms with Crippen LogP contribution in [-0.2, 0) is 6.54 Å². The summed E-state index contributed by atoms with van der Waals surface area (Å²) in [5, 5.41) is 1.28. The van der Waals surface area contributed by atoms with Crippen LogP contribution in [0.3, 0.4) is 0 Å². The average Bonchev–Trinajstić information content (AvgIpc) is 3.14. The van der Waals surface area contributed by atoms with Gasteiger partial charge in [-0.1, -0.05) is 12.1 Å². The fraction of sp³-hybridized carbons (Fsp3) is 0.409. The lowest BCUT2D eigenvalue weighted by Gasteiger charge is -2.32. The topological polar surface area (TPSA) is 34.6 Å². The van der Waals surface area contributed by atoms with Crippen molar-refractivity contribution in [1.29, 1.82) is 0 Å². The Labute approximate surface area is 164 Å². The summed E-state index contributed by atoms with van der Waals surface area (Å²) >= 11 is 1.85. The van der Waals surface area contributed by atoms with Crippen molar-refractivity contribution in [3.63, 3.8) is 0 Å². The number of piperidine rings is 1. The van der Waals surface area contributed by atoms with Crippen LogP contribution in [0.25, 0.3) is 10.2 Å². The summed E-state index contributed by atoms with van der Waals surface area (Å²) in [6, 6.07) is 12.6. The third-order valence-electron chi connectivity index (χ3n) is 5.40. The molecule has 0 bridgehead atoms. The Bertz CT molecular complexity index is 904. The minimum Gasteiger partial charge on any atom is -0.493 e. The highest BCUT2D eigenvalue weighted by Gasteiger charge is 2.24. The summed E-state index contributed by atoms with van der Waals surface area (Å²) < 4.78 is 12.2. The zero-order valence-corrected chi connectivity index (χ0v) is 17.0. The fourth-order valence-corrected chi connectivity index (χ4v) is 4.99. The summed E-state index contributed by atoms with van der Waals surface area (Å²) in [6.45, 7) is 5.28. The molecule has 4 rings (SSSR count). The molecule has 2 aromatic carbocycles. The van der Waals surface area contributed by atoms with Crippen LogP contribution in [0.4, 0.5) is 0 Å². The van der Waals surface area contributed by atoms with E-state index in [1.54, 1.807) is 14.2 Å². The van der Waals surface area contributed by atoms with Gasteiger partial charge in [0.2, 0.25) is 0 Å². The van der Waals surface area contributed by atoms with Gasteiger partial charge in [-0.05, 0) is 61.7 Å². The van der Waals surface area contributed by atoms with Crippen LogP contribution in [0, 0.1) is 6.92 Å². The maximum Gasteiger partial charge on any atom is 0.161 e. The Morgan fingerprint density at radius 3 is 2.70 bits per heavy atom. The number of aryl methyl sites for hydroxylation is 1. The Balaban J connectivity index is 1.52. The summed E-state index contributed by atoms with van der Waals surface area (Å²) in [4.78, 5) is 7.45. The van der Waals surface area contributed by atoms with E-state index in [0.717, 1.165) is 36.6 Å². The third-order valence-corrected chi connectivity index (χ3v) is 6.60. The van der Waals surface area contributed by atoms with Gasteiger partial charge in [0.05, 0.1) is 29.4 Å². The Morgan fingerprint density at radius 1 is 1.15 bits per heavy atom. The van der Waals surface area contributed by atoms with E-state index >= 15 is 0 Å². The number of likely N-dealkylation sites (tertiary alicyclic amines) is 1. The second kappa shape index (κ2) is 7.87. The van der Waals surface area contributed by atoms with E-state index in [2.05, 4.69) is 48.2 Å². The maximum absolute atomic E-state index is 5.49. The summed E-state index contributed by atoms with van der Waals surface area (Å²) in [5.74, 6) is 2.12. The monoisotopic (exact) mass is 382 g/mol. The van der Waals surface area contributed by atoms with Crippen molar-refractivity contribution in [2.75, 3.05) is 27.3 Å². The van der Waals surface area contributed by atoms with Crippen LogP contribution < -0.4 is 9.47 Å². The Hall–Kier alpha value is -2.11. The number of nitrogens with zero attached hydrogens (tertiary/aromatic N) is 2. The summed E-state index contributed by atoms with van der Waals surface area (Å²) in [7, 11) is 3.38. The molecule has 1 aliphatic heterocycles. The van der Waals surface area contributed by atoms with E-state index in [0.29, 0.717) is 5.92 Å². The van der Waals surface area contributed by atoms with Gasteiger partial charge in [-0.2, -0.15) is 0 Å². The highest BCUT2D eigenvalue weighted by molar-refractivity contribution is 7.18. The van der Waals surface area contributed by atoms with E-state index in [9.17, 15) is 0 Å². The van der Waals surface area contributed by atoms with Crippen molar-refractivity contribution < 1.29 is 9.47 Å². The molecule has 0 aliphatic carbocycles. The van der Waals surface area contributed by atoms with Gasteiger partial charge in [0.1, 0.15) is 0 Å². The molecular formula is C22H26N2O2S. The first kappa shape index (κ1) is 18.3. The van der Waals surface area contributed by atoms with Crippen molar-refractivity contribution >= 4 is 21.6 Å². The normalized spacial score (nSPS) is 18.0. The van der Waals surface area contributed by atoms with Crippen molar-refractivity contribution in [3.8, 4) is 11.5 Å². The number of aromatic nitrogens is 1. The van der Waals surface area contributed by atoms with Gasteiger partial charge < -0.3 is 9.47 Å². The number of methoxy groups -OCH3 is 2. The van der Waals surface area contributed by atoms with Crippen molar-refractivity contribution in [3.05, 3.63) is 52.5 Å². The van der Waals surface area contributed by atoms with Gasteiger partial charge in [0.15, 0.2) is 11.5 Å². The highest BCUT2D eigenvalue weighted by atomic mass is 32.1. The van der Waals surface area contributed by atoms with Gasteiger partial charge in [0.25, 0.3) is 0 Å². The number of hydrogen-bond acceptors (Lipinski definition) is 5. The predicted octanol–water partition coefficient (Wildman–Crippen LogP) is 5.00. The lowest BCUT2D eigenvalue weighted by atomic mass is 9.97. The van der Waals surface area contributed by atoms with Crippen LogP contribution >= 0.6 is 11.3 Å². The zero-order valence-electron chi connectivity index (χ0n) is 16.2. The van der Waals surface area contributed by atoms with E-state index in [-0.39, 0.29) is 0 Å². The minimum atomic E-state index is 0.525. The van der Waals surface area contributed by atoms with Crippen LogP contribution in [0.5, 0.6) is 11.5 Å². The molecule has 0 radical (unpaired) electrons. The maximum atomic E-state index is 5.49. The molecule has 5 heteroatoms. The van der Waals surface area contributed by atoms with E-state index in [1.807, 2.05) is 11.3 Å². The molecule has 1 atom stereocenters. The van der Waals surface area contributed by atoms with Crippen molar-refractivity contribution in [2.45, 2.75) is 32.2 Å². The molecule has 1 aliphatic rings. The Kier molecular flexibility index (Phi) is 5.32. The lowest BCUT2D eigenvalue weighted by molar-refractivity contribution is 0.199. The zero-order chi connectivity index (χ0) is 18.8. The van der Waals surface area contributed by atoms with Gasteiger partial charge in [-0.15, -0.1) is 11.3 Å². The van der Waals surface area contributed by atoms with E-state index in [4.69, 9.17) is 14.5 Å². The first-order valence-corrected chi connectivity index (χ1v) is 10.3. The summed E-state index contributed by atoms with van der Waals surface area (Å²) in [6.07, 6.45) is 2.44. The van der Waals surface area contributed by atoms with Crippen molar-refractivity contribution in [1.82, 2.24) is 9.88 Å². The summed E-state index contributed by atoms with van der Waals surface area (Å²) in [5.41, 5.74) is 3.68. The minimum absolute atomic E-state index is 0.525. The number of fused-ring (bicyclic) bond motifs is 1. The van der Waals surface area contributed by atoms with Gasteiger partial charge in [-0.3, -0.25) is 4.90 Å². The third kappa shape index (κ3) is 3.80. The molecular weight excluding hydrogens is 356 g/mol. The smallest absolute Gasteiger partial charge is 0.161 e. The number of ether oxygens (including phenoxy) is 2. The van der Waals surface area contributed by atoms with E-state index < -0.39 is 0 Å². The number of rotatable bonds is 5. The molecule has 1 aromatic heterocycles. The molecule has 2 heterocycles. The molecule has 0 saturated carbocycles. The number of benzene rings is 2. The van der Waals surface area contributed by atoms with Crippen molar-refractivity contribution in [2.24, 2.45) is 0 Å². The molecule has 0 amide bonds. The van der Waals surface area contributed by atoms with Crippen LogP contribution in [0.1, 0.15) is 34.9 Å². The molecule has 3 aromatic rings. The first-order chi connectivity index (χ1) is 13.2. The number of hydrogen-bond donors (Lipinski definition) is 0. The second-order valence-electron chi connectivity index (χ2n) is 7.23. The quantitative estimate of drug-likeness (QED) is 0.622. The molecule has 0 unspecified atom stereocenters. The number of para-hydroxylation sites is 1. The molecule has 1 saturated heterocycles. The van der Waals surface area contributed by atoms with Gasteiger partial charge >= 0.3 is 0 Å². The molecule has 0 N–H and O–H groups in total. The average molecular weight is 383 g/mol. The predicted molar refractivity (Wildman–Crippen MR) is 111 cm³/mol. The second-order valence-corrected chi connectivity index (χ2v) is 8.29. The molecule has 0 spiro atoms. The molecule has 1 fully saturated rings.